The molecule has 2 rings (SSSR count). The lowest BCUT2D eigenvalue weighted by Crippen LogP contribution is -2.52. The summed E-state index contributed by atoms with van der Waals surface area (Å²) < 4.78 is 0. The molecule has 2 aliphatic rings. The van der Waals surface area contributed by atoms with Crippen molar-refractivity contribution in [2.45, 2.75) is 51.6 Å². The third-order valence-electron chi connectivity index (χ3n) is 4.23. The number of likely N-dealkylation sites (tertiary alicyclic amines) is 1. The SMILES string of the molecule is CC1CCCN(C(C)C2CC2)C1CN. The van der Waals surface area contributed by atoms with Gasteiger partial charge in [-0.25, -0.2) is 0 Å². The molecule has 14 heavy (non-hydrogen) atoms. The van der Waals surface area contributed by atoms with Crippen LogP contribution in [0.4, 0.5) is 0 Å². The monoisotopic (exact) mass is 196 g/mol. The number of hydrogen-bond donors (Lipinski definition) is 1. The van der Waals surface area contributed by atoms with Crippen LogP contribution >= 0.6 is 0 Å². The quantitative estimate of drug-likeness (QED) is 0.746. The van der Waals surface area contributed by atoms with E-state index in [2.05, 4.69) is 18.7 Å². The maximum Gasteiger partial charge on any atom is 0.0246 e. The second-order valence-corrected chi connectivity index (χ2v) is 5.24. The molecule has 0 aromatic heterocycles. The minimum absolute atomic E-state index is 0.652. The Kier molecular flexibility index (Phi) is 3.13. The van der Waals surface area contributed by atoms with Crippen LogP contribution in [0.25, 0.3) is 0 Å². The van der Waals surface area contributed by atoms with Crippen molar-refractivity contribution in [3.05, 3.63) is 0 Å². The van der Waals surface area contributed by atoms with E-state index in [1.807, 2.05) is 0 Å². The molecule has 2 fully saturated rings. The number of hydrogen-bond acceptors (Lipinski definition) is 2. The molecule has 1 saturated carbocycles. The van der Waals surface area contributed by atoms with Crippen molar-refractivity contribution >= 4 is 0 Å². The zero-order valence-electron chi connectivity index (χ0n) is 9.58. The maximum atomic E-state index is 5.90. The third-order valence-corrected chi connectivity index (χ3v) is 4.23. The first-order valence-electron chi connectivity index (χ1n) is 6.20. The Morgan fingerprint density at radius 2 is 2.07 bits per heavy atom. The first-order valence-corrected chi connectivity index (χ1v) is 6.20. The summed E-state index contributed by atoms with van der Waals surface area (Å²) in [5, 5.41) is 0. The third kappa shape index (κ3) is 1.96. The highest BCUT2D eigenvalue weighted by molar-refractivity contribution is 4.92. The zero-order chi connectivity index (χ0) is 10.1. The van der Waals surface area contributed by atoms with Gasteiger partial charge in [-0.05, 0) is 51.0 Å². The van der Waals surface area contributed by atoms with E-state index in [9.17, 15) is 0 Å². The van der Waals surface area contributed by atoms with Crippen molar-refractivity contribution < 1.29 is 0 Å². The van der Waals surface area contributed by atoms with Crippen LogP contribution in [-0.2, 0) is 0 Å². The van der Waals surface area contributed by atoms with E-state index in [0.29, 0.717) is 6.04 Å². The first-order chi connectivity index (χ1) is 6.74. The Bertz CT molecular complexity index is 189. The van der Waals surface area contributed by atoms with E-state index in [1.54, 1.807) is 0 Å². The van der Waals surface area contributed by atoms with Crippen LogP contribution in [-0.4, -0.2) is 30.1 Å². The van der Waals surface area contributed by atoms with E-state index in [0.717, 1.165) is 24.4 Å². The van der Waals surface area contributed by atoms with Gasteiger partial charge in [0.05, 0.1) is 0 Å². The van der Waals surface area contributed by atoms with Gasteiger partial charge in [0, 0.05) is 18.6 Å². The standard InChI is InChI=1S/C12H24N2/c1-9-4-3-7-14(12(9)8-13)10(2)11-5-6-11/h9-12H,3-8,13H2,1-2H3. The van der Waals surface area contributed by atoms with Crippen LogP contribution < -0.4 is 5.73 Å². The minimum Gasteiger partial charge on any atom is -0.329 e. The fraction of sp³-hybridized carbons (Fsp3) is 1.00. The molecule has 0 spiro atoms. The lowest BCUT2D eigenvalue weighted by molar-refractivity contribution is 0.0602. The van der Waals surface area contributed by atoms with Crippen LogP contribution in [0.5, 0.6) is 0 Å². The smallest absolute Gasteiger partial charge is 0.0246 e. The zero-order valence-corrected chi connectivity index (χ0v) is 9.58. The van der Waals surface area contributed by atoms with Crippen LogP contribution in [0.1, 0.15) is 39.5 Å². The van der Waals surface area contributed by atoms with Gasteiger partial charge in [-0.1, -0.05) is 6.92 Å². The van der Waals surface area contributed by atoms with Gasteiger partial charge in [0.25, 0.3) is 0 Å². The molecule has 0 bridgehead atoms. The van der Waals surface area contributed by atoms with Gasteiger partial charge < -0.3 is 5.73 Å². The second-order valence-electron chi connectivity index (χ2n) is 5.24. The van der Waals surface area contributed by atoms with E-state index >= 15 is 0 Å². The topological polar surface area (TPSA) is 29.3 Å². The summed E-state index contributed by atoms with van der Waals surface area (Å²) >= 11 is 0. The Balaban J connectivity index is 1.99. The highest BCUT2D eigenvalue weighted by atomic mass is 15.2. The molecule has 2 nitrogen and oxygen atoms in total. The van der Waals surface area contributed by atoms with Crippen LogP contribution in [0.3, 0.4) is 0 Å². The van der Waals surface area contributed by atoms with Gasteiger partial charge in [-0.3, -0.25) is 4.90 Å². The van der Waals surface area contributed by atoms with Crippen molar-refractivity contribution in [3.63, 3.8) is 0 Å². The van der Waals surface area contributed by atoms with Crippen molar-refractivity contribution in [1.82, 2.24) is 4.90 Å². The summed E-state index contributed by atoms with van der Waals surface area (Å²) in [6.45, 7) is 6.89. The lowest BCUT2D eigenvalue weighted by Gasteiger charge is -2.43. The van der Waals surface area contributed by atoms with Gasteiger partial charge in [-0.2, -0.15) is 0 Å². The molecule has 3 atom stereocenters. The van der Waals surface area contributed by atoms with Gasteiger partial charge in [-0.15, -0.1) is 0 Å². The molecule has 1 saturated heterocycles. The molecule has 3 unspecified atom stereocenters. The number of nitrogens with two attached hydrogens (primary N) is 1. The van der Waals surface area contributed by atoms with Crippen molar-refractivity contribution in [2.75, 3.05) is 13.1 Å². The molecule has 82 valence electrons. The van der Waals surface area contributed by atoms with E-state index < -0.39 is 0 Å². The average molecular weight is 196 g/mol. The van der Waals surface area contributed by atoms with Gasteiger partial charge in [0.15, 0.2) is 0 Å². The molecule has 2 heteroatoms. The summed E-state index contributed by atoms with van der Waals surface area (Å²) in [5.74, 6) is 1.78. The van der Waals surface area contributed by atoms with Crippen molar-refractivity contribution in [2.24, 2.45) is 17.6 Å². The molecule has 2 N–H and O–H groups in total. The lowest BCUT2D eigenvalue weighted by atomic mass is 9.89. The molecule has 1 aliphatic heterocycles. The highest BCUT2D eigenvalue weighted by Gasteiger charge is 2.37. The summed E-state index contributed by atoms with van der Waals surface area (Å²) in [6.07, 6.45) is 5.64. The Hall–Kier alpha value is -0.0800. The van der Waals surface area contributed by atoms with E-state index in [4.69, 9.17) is 5.73 Å². The maximum absolute atomic E-state index is 5.90. The Morgan fingerprint density at radius 3 is 2.64 bits per heavy atom. The minimum atomic E-state index is 0.652. The number of nitrogens with zero attached hydrogens (tertiary/aromatic N) is 1. The van der Waals surface area contributed by atoms with Crippen LogP contribution in [0.2, 0.25) is 0 Å². The Morgan fingerprint density at radius 1 is 1.36 bits per heavy atom. The van der Waals surface area contributed by atoms with Crippen molar-refractivity contribution in [1.29, 1.82) is 0 Å². The normalized spacial score (nSPS) is 37.1. The summed E-state index contributed by atoms with van der Waals surface area (Å²) in [6, 6.07) is 1.44. The largest absolute Gasteiger partial charge is 0.329 e. The second kappa shape index (κ2) is 4.19. The molecular formula is C12H24N2. The molecule has 1 aliphatic carbocycles. The average Bonchev–Trinajstić information content (AvgIpc) is 2.99. The summed E-state index contributed by atoms with van der Waals surface area (Å²) in [4.78, 5) is 2.69. The molecule has 0 aromatic carbocycles. The molecule has 0 radical (unpaired) electrons. The predicted octanol–water partition coefficient (Wildman–Crippen LogP) is 1.84. The molecule has 0 amide bonds. The molecule has 1 heterocycles. The highest BCUT2D eigenvalue weighted by Crippen LogP contribution is 2.38. The van der Waals surface area contributed by atoms with Gasteiger partial charge >= 0.3 is 0 Å². The fourth-order valence-electron chi connectivity index (χ4n) is 3.00. The van der Waals surface area contributed by atoms with Crippen molar-refractivity contribution in [3.8, 4) is 0 Å². The predicted molar refractivity (Wildman–Crippen MR) is 60.1 cm³/mol. The molecular weight excluding hydrogens is 172 g/mol. The summed E-state index contributed by atoms with van der Waals surface area (Å²) in [7, 11) is 0. The number of rotatable bonds is 3. The van der Waals surface area contributed by atoms with Gasteiger partial charge in [0.1, 0.15) is 0 Å². The Labute approximate surface area is 87.8 Å². The first kappa shape index (κ1) is 10.4. The fourth-order valence-corrected chi connectivity index (χ4v) is 3.00. The van der Waals surface area contributed by atoms with Crippen LogP contribution in [0, 0.1) is 11.8 Å². The van der Waals surface area contributed by atoms with E-state index in [1.165, 1.54) is 32.2 Å². The van der Waals surface area contributed by atoms with Crippen LogP contribution in [0.15, 0.2) is 0 Å². The summed E-state index contributed by atoms with van der Waals surface area (Å²) in [5.41, 5.74) is 5.90. The number of piperidine rings is 1. The van der Waals surface area contributed by atoms with Gasteiger partial charge in [0.2, 0.25) is 0 Å². The van der Waals surface area contributed by atoms with E-state index in [-0.39, 0.29) is 0 Å². The molecule has 0 aromatic rings.